The van der Waals surface area contributed by atoms with Gasteiger partial charge >= 0.3 is 0 Å². The summed E-state index contributed by atoms with van der Waals surface area (Å²) in [5.41, 5.74) is 3.03. The van der Waals surface area contributed by atoms with Crippen LogP contribution in [-0.4, -0.2) is 15.9 Å². The molecule has 0 saturated heterocycles. The second-order valence-corrected chi connectivity index (χ2v) is 5.53. The van der Waals surface area contributed by atoms with Crippen molar-refractivity contribution in [3.63, 3.8) is 0 Å². The third-order valence-corrected chi connectivity index (χ3v) is 3.80. The maximum Gasteiger partial charge on any atom is 0.275 e. The molecule has 3 aromatic rings. The van der Waals surface area contributed by atoms with E-state index in [0.29, 0.717) is 10.8 Å². The zero-order valence-corrected chi connectivity index (χ0v) is 12.7. The average Bonchev–Trinajstić information content (AvgIpc) is 2.99. The van der Waals surface area contributed by atoms with Crippen molar-refractivity contribution >= 4 is 33.8 Å². The Hall–Kier alpha value is -2.73. The summed E-state index contributed by atoms with van der Waals surface area (Å²) in [5, 5.41) is 8.37. The van der Waals surface area contributed by atoms with Gasteiger partial charge in [-0.3, -0.25) is 9.78 Å². The van der Waals surface area contributed by atoms with Crippen LogP contribution in [0, 0.1) is 6.92 Å². The van der Waals surface area contributed by atoms with Crippen LogP contribution in [0.15, 0.2) is 54.2 Å². The number of hydrogen-bond acceptors (Lipinski definition) is 5. The molecular formula is C16H14N4OS. The molecule has 0 aliphatic carbocycles. The van der Waals surface area contributed by atoms with Crippen molar-refractivity contribution in [3.8, 4) is 0 Å². The standard InChI is InChI=1S/C16H14N4OS/c1-11-5-2-3-7-13(11)19-15(21)14-10-22-16(20-14)18-12-6-4-8-17-9-12/h2-10H,1H3,(H,18,20)(H,19,21). The van der Waals surface area contributed by atoms with Gasteiger partial charge in [-0.05, 0) is 30.7 Å². The molecule has 6 heteroatoms. The summed E-state index contributed by atoms with van der Waals surface area (Å²) < 4.78 is 0. The van der Waals surface area contributed by atoms with E-state index in [9.17, 15) is 4.79 Å². The fourth-order valence-corrected chi connectivity index (χ4v) is 2.61. The number of aryl methyl sites for hydroxylation is 1. The Morgan fingerprint density at radius 2 is 2.05 bits per heavy atom. The molecule has 0 radical (unpaired) electrons. The number of para-hydroxylation sites is 1. The third kappa shape index (κ3) is 3.29. The van der Waals surface area contributed by atoms with Crippen molar-refractivity contribution in [1.29, 1.82) is 0 Å². The number of aromatic nitrogens is 2. The maximum absolute atomic E-state index is 12.2. The van der Waals surface area contributed by atoms with E-state index >= 15 is 0 Å². The molecule has 0 unspecified atom stereocenters. The number of rotatable bonds is 4. The number of carbonyl (C=O) groups excluding carboxylic acids is 1. The lowest BCUT2D eigenvalue weighted by molar-refractivity contribution is 0.102. The van der Waals surface area contributed by atoms with Gasteiger partial charge in [-0.2, -0.15) is 0 Å². The fourth-order valence-electron chi connectivity index (χ4n) is 1.90. The molecule has 0 atom stereocenters. The molecule has 0 fully saturated rings. The summed E-state index contributed by atoms with van der Waals surface area (Å²) >= 11 is 1.38. The van der Waals surface area contributed by atoms with E-state index in [1.165, 1.54) is 11.3 Å². The predicted octanol–water partition coefficient (Wildman–Crippen LogP) is 3.84. The highest BCUT2D eigenvalue weighted by Gasteiger charge is 2.12. The number of thiazole rings is 1. The quantitative estimate of drug-likeness (QED) is 0.768. The molecule has 110 valence electrons. The number of amides is 1. The zero-order valence-electron chi connectivity index (χ0n) is 11.9. The van der Waals surface area contributed by atoms with Crippen molar-refractivity contribution in [3.05, 3.63) is 65.4 Å². The van der Waals surface area contributed by atoms with E-state index in [1.54, 1.807) is 17.8 Å². The normalized spacial score (nSPS) is 10.2. The van der Waals surface area contributed by atoms with Crippen LogP contribution in [0.5, 0.6) is 0 Å². The van der Waals surface area contributed by atoms with Crippen LogP contribution in [0.3, 0.4) is 0 Å². The van der Waals surface area contributed by atoms with Crippen LogP contribution in [-0.2, 0) is 0 Å². The Kier molecular flexibility index (Phi) is 4.11. The molecule has 0 aliphatic heterocycles. The second-order valence-electron chi connectivity index (χ2n) is 4.67. The van der Waals surface area contributed by atoms with Gasteiger partial charge in [-0.15, -0.1) is 11.3 Å². The molecule has 0 aliphatic rings. The van der Waals surface area contributed by atoms with E-state index in [1.807, 2.05) is 43.3 Å². The van der Waals surface area contributed by atoms with Gasteiger partial charge in [0.2, 0.25) is 0 Å². The Morgan fingerprint density at radius 1 is 1.18 bits per heavy atom. The van der Waals surface area contributed by atoms with Crippen molar-refractivity contribution in [2.75, 3.05) is 10.6 Å². The topological polar surface area (TPSA) is 66.9 Å². The first-order valence-electron chi connectivity index (χ1n) is 6.72. The smallest absolute Gasteiger partial charge is 0.275 e. The van der Waals surface area contributed by atoms with Gasteiger partial charge in [-0.1, -0.05) is 18.2 Å². The van der Waals surface area contributed by atoms with Crippen molar-refractivity contribution in [2.24, 2.45) is 0 Å². The van der Waals surface area contributed by atoms with Gasteiger partial charge in [0.05, 0.1) is 11.9 Å². The number of carbonyl (C=O) groups is 1. The van der Waals surface area contributed by atoms with Gasteiger partial charge in [0.1, 0.15) is 5.69 Å². The molecule has 0 saturated carbocycles. The highest BCUT2D eigenvalue weighted by Crippen LogP contribution is 2.21. The van der Waals surface area contributed by atoms with Crippen LogP contribution in [0.4, 0.5) is 16.5 Å². The molecule has 1 amide bonds. The molecule has 3 rings (SSSR count). The first kappa shape index (κ1) is 14.2. The summed E-state index contributed by atoms with van der Waals surface area (Å²) in [6.07, 6.45) is 3.41. The van der Waals surface area contributed by atoms with E-state index in [0.717, 1.165) is 16.9 Å². The largest absolute Gasteiger partial charge is 0.330 e. The highest BCUT2D eigenvalue weighted by molar-refractivity contribution is 7.14. The lowest BCUT2D eigenvalue weighted by Crippen LogP contribution is -2.13. The first-order chi connectivity index (χ1) is 10.7. The highest BCUT2D eigenvalue weighted by atomic mass is 32.1. The zero-order chi connectivity index (χ0) is 15.4. The minimum Gasteiger partial charge on any atom is -0.330 e. The Morgan fingerprint density at radius 3 is 2.82 bits per heavy atom. The number of nitrogens with one attached hydrogen (secondary N) is 2. The summed E-state index contributed by atoms with van der Waals surface area (Å²) in [7, 11) is 0. The molecule has 2 heterocycles. The summed E-state index contributed by atoms with van der Waals surface area (Å²) in [5.74, 6) is -0.218. The van der Waals surface area contributed by atoms with Crippen LogP contribution in [0.2, 0.25) is 0 Å². The SMILES string of the molecule is Cc1ccccc1NC(=O)c1csc(Nc2cccnc2)n1. The molecule has 2 N–H and O–H groups in total. The molecule has 1 aromatic carbocycles. The number of anilines is 3. The van der Waals surface area contributed by atoms with Crippen LogP contribution >= 0.6 is 11.3 Å². The third-order valence-electron chi connectivity index (χ3n) is 3.04. The van der Waals surface area contributed by atoms with Gasteiger partial charge < -0.3 is 10.6 Å². The van der Waals surface area contributed by atoms with E-state index in [4.69, 9.17) is 0 Å². The van der Waals surface area contributed by atoms with Crippen molar-refractivity contribution < 1.29 is 4.79 Å². The Bertz CT molecular complexity index is 786. The monoisotopic (exact) mass is 310 g/mol. The average molecular weight is 310 g/mol. The lowest BCUT2D eigenvalue weighted by Gasteiger charge is -2.06. The predicted molar refractivity (Wildman–Crippen MR) is 88.8 cm³/mol. The molecule has 0 bridgehead atoms. The first-order valence-corrected chi connectivity index (χ1v) is 7.60. The minimum absolute atomic E-state index is 0.218. The number of benzene rings is 1. The number of hydrogen-bond donors (Lipinski definition) is 2. The summed E-state index contributed by atoms with van der Waals surface area (Å²) in [6, 6.07) is 11.4. The molecule has 2 aromatic heterocycles. The number of nitrogens with zero attached hydrogens (tertiary/aromatic N) is 2. The molecule has 0 spiro atoms. The Balaban J connectivity index is 1.71. The Labute approximate surface area is 132 Å². The van der Waals surface area contributed by atoms with Crippen molar-refractivity contribution in [2.45, 2.75) is 6.92 Å². The second kappa shape index (κ2) is 6.36. The van der Waals surface area contributed by atoms with E-state index < -0.39 is 0 Å². The van der Waals surface area contributed by atoms with E-state index in [-0.39, 0.29) is 5.91 Å². The van der Waals surface area contributed by atoms with Gasteiger partial charge in [-0.25, -0.2) is 4.98 Å². The van der Waals surface area contributed by atoms with Gasteiger partial charge in [0.15, 0.2) is 5.13 Å². The summed E-state index contributed by atoms with van der Waals surface area (Å²) in [4.78, 5) is 20.5. The lowest BCUT2D eigenvalue weighted by atomic mass is 10.2. The molecule has 22 heavy (non-hydrogen) atoms. The van der Waals surface area contributed by atoms with Gasteiger partial charge in [0, 0.05) is 17.3 Å². The molecule has 5 nitrogen and oxygen atoms in total. The maximum atomic E-state index is 12.2. The molecular weight excluding hydrogens is 296 g/mol. The number of pyridine rings is 1. The van der Waals surface area contributed by atoms with Crippen LogP contribution in [0.25, 0.3) is 0 Å². The van der Waals surface area contributed by atoms with E-state index in [2.05, 4.69) is 20.6 Å². The minimum atomic E-state index is -0.218. The van der Waals surface area contributed by atoms with Crippen LogP contribution in [0.1, 0.15) is 16.1 Å². The van der Waals surface area contributed by atoms with Crippen molar-refractivity contribution in [1.82, 2.24) is 9.97 Å². The van der Waals surface area contributed by atoms with Crippen LogP contribution < -0.4 is 10.6 Å². The summed E-state index contributed by atoms with van der Waals surface area (Å²) in [6.45, 7) is 1.95. The van der Waals surface area contributed by atoms with Gasteiger partial charge in [0.25, 0.3) is 5.91 Å². The fraction of sp³-hybridized carbons (Fsp3) is 0.0625.